The normalized spacial score (nSPS) is 23.9. The maximum absolute atomic E-state index is 11.7. The Bertz CT molecular complexity index is 524. The molecule has 1 fully saturated rings. The van der Waals surface area contributed by atoms with Gasteiger partial charge in [-0.15, -0.1) is 0 Å². The molecule has 2 unspecified atom stereocenters. The van der Waals surface area contributed by atoms with Gasteiger partial charge in [-0.3, -0.25) is 4.68 Å². The lowest BCUT2D eigenvalue weighted by atomic mass is 9.95. The summed E-state index contributed by atoms with van der Waals surface area (Å²) in [5.41, 5.74) is 1.17. The number of nitrogens with zero attached hydrogens (tertiary/aromatic N) is 2. The van der Waals surface area contributed by atoms with Gasteiger partial charge >= 0.3 is 0 Å². The fraction of sp³-hybridized carbons (Fsp3) is 0.786. The van der Waals surface area contributed by atoms with Gasteiger partial charge in [0.05, 0.1) is 17.5 Å². The van der Waals surface area contributed by atoms with Gasteiger partial charge in [-0.1, -0.05) is 13.3 Å². The molecular weight excluding hydrogens is 274 g/mol. The van der Waals surface area contributed by atoms with E-state index in [1.807, 2.05) is 10.9 Å². The van der Waals surface area contributed by atoms with Gasteiger partial charge in [0.25, 0.3) is 0 Å². The van der Waals surface area contributed by atoms with Gasteiger partial charge < -0.3 is 5.32 Å². The van der Waals surface area contributed by atoms with Crippen LogP contribution in [0.2, 0.25) is 0 Å². The van der Waals surface area contributed by atoms with Crippen molar-refractivity contribution < 1.29 is 8.42 Å². The molecule has 114 valence electrons. The average Bonchev–Trinajstić information content (AvgIpc) is 2.87. The largest absolute Gasteiger partial charge is 0.313 e. The van der Waals surface area contributed by atoms with E-state index in [9.17, 15) is 8.42 Å². The fourth-order valence-electron chi connectivity index (χ4n) is 2.83. The summed E-state index contributed by atoms with van der Waals surface area (Å²) < 4.78 is 25.4. The number of hydrogen-bond acceptors (Lipinski definition) is 4. The third-order valence-electron chi connectivity index (χ3n) is 3.99. The van der Waals surface area contributed by atoms with Gasteiger partial charge in [-0.05, 0) is 32.2 Å². The topological polar surface area (TPSA) is 64.0 Å². The van der Waals surface area contributed by atoms with E-state index < -0.39 is 9.84 Å². The second kappa shape index (κ2) is 6.72. The van der Waals surface area contributed by atoms with Crippen molar-refractivity contribution in [2.75, 3.05) is 12.8 Å². The molecule has 1 heterocycles. The summed E-state index contributed by atoms with van der Waals surface area (Å²) in [5.74, 6) is 0. The molecule has 0 bridgehead atoms. The lowest BCUT2D eigenvalue weighted by Gasteiger charge is -2.28. The van der Waals surface area contributed by atoms with Gasteiger partial charge in [0.15, 0.2) is 0 Å². The number of sulfone groups is 1. The number of nitrogens with one attached hydrogen (secondary N) is 1. The Labute approximate surface area is 121 Å². The van der Waals surface area contributed by atoms with Crippen LogP contribution in [0.1, 0.15) is 50.6 Å². The fourth-order valence-corrected chi connectivity index (χ4v) is 3.99. The molecule has 0 radical (unpaired) electrons. The van der Waals surface area contributed by atoms with E-state index in [-0.39, 0.29) is 11.3 Å². The summed E-state index contributed by atoms with van der Waals surface area (Å²) in [7, 11) is -2.93. The zero-order valence-corrected chi connectivity index (χ0v) is 13.2. The summed E-state index contributed by atoms with van der Waals surface area (Å²) in [6.45, 7) is 3.98. The molecule has 0 amide bonds. The van der Waals surface area contributed by atoms with E-state index in [1.165, 1.54) is 11.8 Å². The molecule has 6 heteroatoms. The highest BCUT2D eigenvalue weighted by Gasteiger charge is 2.30. The maximum Gasteiger partial charge on any atom is 0.150 e. The molecule has 0 aromatic carbocycles. The van der Waals surface area contributed by atoms with Crippen molar-refractivity contribution >= 4 is 9.84 Å². The van der Waals surface area contributed by atoms with Crippen molar-refractivity contribution in [3.05, 3.63) is 18.0 Å². The van der Waals surface area contributed by atoms with E-state index in [1.54, 1.807) is 0 Å². The second-order valence-electron chi connectivity index (χ2n) is 5.78. The van der Waals surface area contributed by atoms with Crippen LogP contribution in [-0.2, 0) is 16.4 Å². The van der Waals surface area contributed by atoms with Gasteiger partial charge in [-0.2, -0.15) is 5.10 Å². The molecule has 0 spiro atoms. The van der Waals surface area contributed by atoms with Crippen LogP contribution in [-0.4, -0.2) is 36.2 Å². The minimum Gasteiger partial charge on any atom is -0.313 e. The highest BCUT2D eigenvalue weighted by atomic mass is 32.2. The summed E-state index contributed by atoms with van der Waals surface area (Å²) in [4.78, 5) is 0. The van der Waals surface area contributed by atoms with Crippen molar-refractivity contribution in [2.24, 2.45) is 0 Å². The Balaban J connectivity index is 1.97. The minimum absolute atomic E-state index is 0.202. The van der Waals surface area contributed by atoms with Crippen LogP contribution < -0.4 is 5.32 Å². The third kappa shape index (κ3) is 4.06. The summed E-state index contributed by atoms with van der Waals surface area (Å²) >= 11 is 0. The number of rotatable bonds is 6. The smallest absolute Gasteiger partial charge is 0.150 e. The first kappa shape index (κ1) is 15.5. The Kier molecular flexibility index (Phi) is 5.21. The van der Waals surface area contributed by atoms with E-state index in [4.69, 9.17) is 0 Å². The van der Waals surface area contributed by atoms with E-state index >= 15 is 0 Å². The summed E-state index contributed by atoms with van der Waals surface area (Å²) in [5, 5.41) is 7.57. The molecule has 2 rings (SSSR count). The predicted molar refractivity (Wildman–Crippen MR) is 80.4 cm³/mol. The molecule has 1 aromatic heterocycles. The molecule has 0 aliphatic heterocycles. The summed E-state index contributed by atoms with van der Waals surface area (Å²) in [6, 6.07) is 0.225. The highest BCUT2D eigenvalue weighted by Crippen LogP contribution is 2.31. The molecular formula is C14H25N3O2S. The number of aromatic nitrogens is 2. The van der Waals surface area contributed by atoms with Gasteiger partial charge in [0, 0.05) is 24.6 Å². The molecule has 1 aromatic rings. The zero-order chi connectivity index (χ0) is 14.6. The van der Waals surface area contributed by atoms with Gasteiger partial charge in [-0.25, -0.2) is 8.42 Å². The van der Waals surface area contributed by atoms with Crippen LogP contribution >= 0.6 is 0 Å². The minimum atomic E-state index is -2.93. The molecule has 2 atom stereocenters. The summed E-state index contributed by atoms with van der Waals surface area (Å²) in [6.07, 6.45) is 9.88. The molecule has 20 heavy (non-hydrogen) atoms. The Morgan fingerprint density at radius 2 is 2.25 bits per heavy atom. The van der Waals surface area contributed by atoms with Gasteiger partial charge in [0.2, 0.25) is 0 Å². The van der Waals surface area contributed by atoms with Crippen LogP contribution in [0.15, 0.2) is 12.4 Å². The highest BCUT2D eigenvalue weighted by molar-refractivity contribution is 7.91. The van der Waals surface area contributed by atoms with Crippen molar-refractivity contribution in [2.45, 2.75) is 56.9 Å². The maximum atomic E-state index is 11.7. The first-order valence-electron chi connectivity index (χ1n) is 7.43. The Hall–Kier alpha value is -0.880. The van der Waals surface area contributed by atoms with Crippen molar-refractivity contribution in [1.82, 2.24) is 15.1 Å². The number of hydrogen-bond donors (Lipinski definition) is 1. The Morgan fingerprint density at radius 1 is 1.45 bits per heavy atom. The van der Waals surface area contributed by atoms with Crippen molar-refractivity contribution in [3.63, 3.8) is 0 Å². The monoisotopic (exact) mass is 299 g/mol. The zero-order valence-electron chi connectivity index (χ0n) is 12.4. The van der Waals surface area contributed by atoms with E-state index in [0.717, 1.165) is 38.8 Å². The van der Waals surface area contributed by atoms with Crippen LogP contribution in [0.5, 0.6) is 0 Å². The van der Waals surface area contributed by atoms with Crippen LogP contribution in [0.3, 0.4) is 0 Å². The standard InChI is InChI=1S/C14H25N3O2S/c1-3-7-15-9-12-10-16-17(11-12)13-5-4-6-14(8-13)20(2,18)19/h10-11,13-15H,3-9H2,1-2H3. The molecule has 5 nitrogen and oxygen atoms in total. The van der Waals surface area contributed by atoms with E-state index in [0.29, 0.717) is 6.42 Å². The van der Waals surface area contributed by atoms with Crippen molar-refractivity contribution in [1.29, 1.82) is 0 Å². The van der Waals surface area contributed by atoms with Crippen molar-refractivity contribution in [3.8, 4) is 0 Å². The molecule has 1 aliphatic carbocycles. The average molecular weight is 299 g/mol. The van der Waals surface area contributed by atoms with E-state index in [2.05, 4.69) is 23.5 Å². The predicted octanol–water partition coefficient (Wildman–Crippen LogP) is 1.91. The Morgan fingerprint density at radius 3 is 2.95 bits per heavy atom. The molecule has 1 aliphatic rings. The van der Waals surface area contributed by atoms with Crippen LogP contribution in [0, 0.1) is 0 Å². The lowest BCUT2D eigenvalue weighted by Crippen LogP contribution is -2.29. The SMILES string of the molecule is CCCNCc1cnn(C2CCCC(S(C)(=O)=O)C2)c1. The quantitative estimate of drug-likeness (QED) is 0.815. The lowest BCUT2D eigenvalue weighted by molar-refractivity contribution is 0.329. The van der Waals surface area contributed by atoms with Crippen LogP contribution in [0.4, 0.5) is 0 Å². The second-order valence-corrected chi connectivity index (χ2v) is 8.10. The van der Waals surface area contributed by atoms with Gasteiger partial charge in [0.1, 0.15) is 9.84 Å². The van der Waals surface area contributed by atoms with Crippen LogP contribution in [0.25, 0.3) is 0 Å². The third-order valence-corrected chi connectivity index (χ3v) is 5.63. The first-order valence-corrected chi connectivity index (χ1v) is 9.38. The molecule has 0 saturated heterocycles. The molecule has 1 saturated carbocycles. The molecule has 1 N–H and O–H groups in total. The first-order chi connectivity index (χ1) is 9.50.